The Hall–Kier alpha value is -4.66. The standard InChI is InChI=1S/C46H35NS/c1-4-12-39-34(8-1)35-19-17-32(26-40(35)46(39)30-21-27-20-28(23-30)24-31(46)22-27)47-41-13-5-2-9-36(41)37-18-16-29(25-42(37)47)33-11-7-15-44-45(33)38-10-3-6-14-43(38)48-44/h1-19,25-28,30-31H,20-24H2. The second kappa shape index (κ2) is 9.27. The molecule has 2 heterocycles. The summed E-state index contributed by atoms with van der Waals surface area (Å²) in [4.78, 5) is 0. The van der Waals surface area contributed by atoms with Crippen molar-refractivity contribution in [1.82, 2.24) is 4.57 Å². The third-order valence-electron chi connectivity index (χ3n) is 13.2. The predicted octanol–water partition coefficient (Wildman–Crippen LogP) is 12.5. The summed E-state index contributed by atoms with van der Waals surface area (Å²) in [5.74, 6) is 3.41. The van der Waals surface area contributed by atoms with Crippen LogP contribution >= 0.6 is 11.3 Å². The highest BCUT2D eigenvalue weighted by Crippen LogP contribution is 2.69. The van der Waals surface area contributed by atoms with Gasteiger partial charge in [-0.3, -0.25) is 0 Å². The highest BCUT2D eigenvalue weighted by Gasteiger charge is 2.61. The molecule has 2 heteroatoms. The van der Waals surface area contributed by atoms with E-state index >= 15 is 0 Å². The Morgan fingerprint density at radius 3 is 2.06 bits per heavy atom. The Morgan fingerprint density at radius 1 is 0.500 bits per heavy atom. The smallest absolute Gasteiger partial charge is 0.0547 e. The van der Waals surface area contributed by atoms with Gasteiger partial charge in [0.15, 0.2) is 0 Å². The van der Waals surface area contributed by atoms with Crippen LogP contribution in [-0.2, 0) is 5.41 Å². The van der Waals surface area contributed by atoms with Gasteiger partial charge >= 0.3 is 0 Å². The van der Waals surface area contributed by atoms with Crippen LogP contribution in [0.25, 0.3) is 69.9 Å². The first-order chi connectivity index (χ1) is 23.8. The van der Waals surface area contributed by atoms with Crippen molar-refractivity contribution in [3.63, 3.8) is 0 Å². The largest absolute Gasteiger partial charge is 0.309 e. The summed E-state index contributed by atoms with van der Waals surface area (Å²) < 4.78 is 5.29. The monoisotopic (exact) mass is 633 g/mol. The van der Waals surface area contributed by atoms with E-state index in [1.807, 2.05) is 11.3 Å². The van der Waals surface area contributed by atoms with Crippen LogP contribution in [0.1, 0.15) is 43.2 Å². The molecule has 4 saturated carbocycles. The van der Waals surface area contributed by atoms with Gasteiger partial charge in [0.2, 0.25) is 0 Å². The average Bonchev–Trinajstić information content (AvgIpc) is 3.76. The minimum Gasteiger partial charge on any atom is -0.309 e. The van der Waals surface area contributed by atoms with Gasteiger partial charge in [-0.2, -0.15) is 0 Å². The Balaban J connectivity index is 1.11. The van der Waals surface area contributed by atoms with E-state index in [0.29, 0.717) is 0 Å². The molecule has 0 aliphatic heterocycles. The number of benzene rings is 6. The fraction of sp³-hybridized carbons (Fsp3) is 0.217. The number of nitrogens with zero attached hydrogens (tertiary/aromatic N) is 1. The number of aromatic nitrogens is 1. The third kappa shape index (κ3) is 3.23. The van der Waals surface area contributed by atoms with E-state index in [9.17, 15) is 0 Å². The maximum absolute atomic E-state index is 2.64. The summed E-state index contributed by atoms with van der Waals surface area (Å²) in [7, 11) is 0. The molecule has 0 amide bonds. The molecule has 0 radical (unpaired) electrons. The molecule has 0 unspecified atom stereocenters. The van der Waals surface area contributed by atoms with Gasteiger partial charge in [-0.1, -0.05) is 91.0 Å². The number of thiophene rings is 1. The summed E-state index contributed by atoms with van der Waals surface area (Å²) in [6.45, 7) is 0. The molecule has 0 N–H and O–H groups in total. The summed E-state index contributed by atoms with van der Waals surface area (Å²) in [5.41, 5.74) is 12.9. The SMILES string of the molecule is c1ccc2c(c1)-c1ccc(-n3c4ccccc4c4ccc(-c5cccc6sc7ccccc7c56)cc43)cc1C21C2CC3CC(C2)CC1C3. The number of fused-ring (bicyclic) bond motifs is 9. The quantitative estimate of drug-likeness (QED) is 0.178. The van der Waals surface area contributed by atoms with Crippen molar-refractivity contribution < 1.29 is 0 Å². The lowest BCUT2D eigenvalue weighted by atomic mass is 9.43. The van der Waals surface area contributed by atoms with Gasteiger partial charge in [-0.25, -0.2) is 0 Å². The molecule has 5 aliphatic rings. The van der Waals surface area contributed by atoms with Crippen molar-refractivity contribution in [3.05, 3.63) is 139 Å². The van der Waals surface area contributed by atoms with E-state index in [2.05, 4.69) is 132 Å². The van der Waals surface area contributed by atoms with Gasteiger partial charge in [0.05, 0.1) is 11.0 Å². The minimum absolute atomic E-state index is 0.162. The topological polar surface area (TPSA) is 4.93 Å². The second-order valence-corrected chi connectivity index (χ2v) is 16.4. The first-order valence-electron chi connectivity index (χ1n) is 17.9. The number of rotatable bonds is 2. The fourth-order valence-corrected chi connectivity index (χ4v) is 12.8. The minimum atomic E-state index is 0.162. The average molecular weight is 634 g/mol. The molecule has 0 saturated heterocycles. The van der Waals surface area contributed by atoms with Crippen LogP contribution in [0.3, 0.4) is 0 Å². The van der Waals surface area contributed by atoms with Crippen LogP contribution in [0.15, 0.2) is 127 Å². The Kier molecular flexibility index (Phi) is 5.08. The number of hydrogen-bond acceptors (Lipinski definition) is 1. The van der Waals surface area contributed by atoms with Crippen LogP contribution < -0.4 is 0 Å². The maximum atomic E-state index is 2.64. The van der Waals surface area contributed by atoms with Gasteiger partial charge in [-0.15, -0.1) is 11.3 Å². The molecule has 0 atom stereocenters. The van der Waals surface area contributed by atoms with E-state index in [1.54, 1.807) is 11.1 Å². The van der Waals surface area contributed by atoms with Gasteiger partial charge in [0.1, 0.15) is 0 Å². The van der Waals surface area contributed by atoms with Crippen LogP contribution in [0.2, 0.25) is 0 Å². The normalized spacial score (nSPS) is 25.2. The van der Waals surface area contributed by atoms with Crippen molar-refractivity contribution in [2.75, 3.05) is 0 Å². The molecule has 48 heavy (non-hydrogen) atoms. The molecule has 1 nitrogen and oxygen atoms in total. The van der Waals surface area contributed by atoms with E-state index < -0.39 is 0 Å². The fourth-order valence-electron chi connectivity index (χ4n) is 11.7. The second-order valence-electron chi connectivity index (χ2n) is 15.3. The van der Waals surface area contributed by atoms with Crippen molar-refractivity contribution >= 4 is 53.3 Å². The number of para-hydroxylation sites is 1. The molecular weight excluding hydrogens is 599 g/mol. The summed E-state index contributed by atoms with van der Waals surface area (Å²) >= 11 is 1.90. The van der Waals surface area contributed by atoms with Crippen molar-refractivity contribution in [3.8, 4) is 27.9 Å². The molecule has 1 spiro atoms. The van der Waals surface area contributed by atoms with Gasteiger partial charge in [0, 0.05) is 42.0 Å². The summed E-state index contributed by atoms with van der Waals surface area (Å²) in [6, 6.07) is 48.9. The lowest BCUT2D eigenvalue weighted by molar-refractivity contribution is -0.0399. The van der Waals surface area contributed by atoms with Crippen LogP contribution in [0.4, 0.5) is 0 Å². The van der Waals surface area contributed by atoms with Crippen LogP contribution in [0, 0.1) is 23.7 Å². The molecule has 8 aromatic rings. The third-order valence-corrected chi connectivity index (χ3v) is 14.3. The first-order valence-corrected chi connectivity index (χ1v) is 18.8. The highest BCUT2D eigenvalue weighted by atomic mass is 32.1. The Bertz CT molecular complexity index is 2620. The lowest BCUT2D eigenvalue weighted by Gasteiger charge is -2.61. The van der Waals surface area contributed by atoms with E-state index in [4.69, 9.17) is 0 Å². The van der Waals surface area contributed by atoms with Gasteiger partial charge in [-0.05, 0) is 126 Å². The molecule has 4 bridgehead atoms. The highest BCUT2D eigenvalue weighted by molar-refractivity contribution is 7.25. The maximum Gasteiger partial charge on any atom is 0.0547 e. The van der Waals surface area contributed by atoms with E-state index in [-0.39, 0.29) is 5.41 Å². The lowest BCUT2D eigenvalue weighted by Crippen LogP contribution is -2.55. The first kappa shape index (κ1) is 26.3. The zero-order valence-corrected chi connectivity index (χ0v) is 27.6. The van der Waals surface area contributed by atoms with Crippen LogP contribution in [-0.4, -0.2) is 4.57 Å². The molecule has 230 valence electrons. The van der Waals surface area contributed by atoms with Gasteiger partial charge < -0.3 is 4.57 Å². The molecule has 4 fully saturated rings. The molecular formula is C46H35NS. The zero-order chi connectivity index (χ0) is 31.1. The molecule has 2 aromatic heterocycles. The van der Waals surface area contributed by atoms with E-state index in [1.165, 1.54) is 102 Å². The van der Waals surface area contributed by atoms with Crippen LogP contribution in [0.5, 0.6) is 0 Å². The van der Waals surface area contributed by atoms with Crippen molar-refractivity contribution in [1.29, 1.82) is 0 Å². The number of hydrogen-bond donors (Lipinski definition) is 0. The Labute approximate surface area is 284 Å². The van der Waals surface area contributed by atoms with Crippen molar-refractivity contribution in [2.24, 2.45) is 23.7 Å². The zero-order valence-electron chi connectivity index (χ0n) is 26.8. The van der Waals surface area contributed by atoms with Crippen molar-refractivity contribution in [2.45, 2.75) is 37.5 Å². The molecule has 5 aliphatic carbocycles. The van der Waals surface area contributed by atoms with E-state index in [0.717, 1.165) is 23.7 Å². The molecule has 13 rings (SSSR count). The summed E-state index contributed by atoms with van der Waals surface area (Å²) in [6.07, 6.45) is 7.12. The van der Waals surface area contributed by atoms with Gasteiger partial charge in [0.25, 0.3) is 0 Å². The summed E-state index contributed by atoms with van der Waals surface area (Å²) in [5, 5.41) is 5.38. The molecule has 6 aromatic carbocycles. The Morgan fingerprint density at radius 2 is 1.19 bits per heavy atom. The predicted molar refractivity (Wildman–Crippen MR) is 202 cm³/mol.